The number of carbonyl (C=O) groups is 2. The van der Waals surface area contributed by atoms with Crippen LogP contribution in [0.25, 0.3) is 0 Å². The second-order valence-electron chi connectivity index (χ2n) is 8.54. The van der Waals surface area contributed by atoms with Gasteiger partial charge in [-0.1, -0.05) is 73.3 Å². The van der Waals surface area contributed by atoms with Gasteiger partial charge >= 0.3 is 0 Å². The first-order valence-corrected chi connectivity index (χ1v) is 13.0. The van der Waals surface area contributed by atoms with E-state index >= 15 is 0 Å². The van der Waals surface area contributed by atoms with Crippen molar-refractivity contribution >= 4 is 35.2 Å². The van der Waals surface area contributed by atoms with Gasteiger partial charge in [0.15, 0.2) is 0 Å². The minimum absolute atomic E-state index is 0.00103. The molecule has 0 unspecified atom stereocenters. The molecule has 1 atom stereocenters. The lowest BCUT2D eigenvalue weighted by Gasteiger charge is -2.31. The molecular formula is C26H33ClN2O2S. The molecular weight excluding hydrogens is 440 g/mol. The van der Waals surface area contributed by atoms with Gasteiger partial charge in [0.05, 0.1) is 5.75 Å². The zero-order valence-electron chi connectivity index (χ0n) is 19.0. The van der Waals surface area contributed by atoms with Crippen LogP contribution in [0.2, 0.25) is 5.02 Å². The van der Waals surface area contributed by atoms with Crippen LogP contribution in [0.3, 0.4) is 0 Å². The van der Waals surface area contributed by atoms with Gasteiger partial charge in [0.25, 0.3) is 0 Å². The molecule has 0 bridgehead atoms. The monoisotopic (exact) mass is 472 g/mol. The van der Waals surface area contributed by atoms with E-state index in [1.54, 1.807) is 16.7 Å². The van der Waals surface area contributed by atoms with E-state index in [1.165, 1.54) is 0 Å². The Morgan fingerprint density at radius 3 is 2.50 bits per heavy atom. The van der Waals surface area contributed by atoms with Crippen molar-refractivity contribution in [3.8, 4) is 0 Å². The third kappa shape index (κ3) is 7.28. The second kappa shape index (κ2) is 12.3. The van der Waals surface area contributed by atoms with Crippen LogP contribution in [0, 0.1) is 6.92 Å². The first-order chi connectivity index (χ1) is 15.5. The highest BCUT2D eigenvalue weighted by Crippen LogP contribution is 2.21. The van der Waals surface area contributed by atoms with Crippen LogP contribution in [-0.4, -0.2) is 34.6 Å². The highest BCUT2D eigenvalue weighted by molar-refractivity contribution is 7.99. The van der Waals surface area contributed by atoms with Crippen molar-refractivity contribution in [1.82, 2.24) is 10.2 Å². The molecule has 1 fully saturated rings. The molecule has 0 saturated heterocycles. The van der Waals surface area contributed by atoms with Crippen molar-refractivity contribution in [3.05, 3.63) is 70.2 Å². The number of hydrogen-bond acceptors (Lipinski definition) is 3. The van der Waals surface area contributed by atoms with Crippen molar-refractivity contribution in [1.29, 1.82) is 0 Å². The van der Waals surface area contributed by atoms with E-state index < -0.39 is 6.04 Å². The van der Waals surface area contributed by atoms with E-state index in [2.05, 4.69) is 11.4 Å². The van der Waals surface area contributed by atoms with Gasteiger partial charge in [-0.25, -0.2) is 0 Å². The topological polar surface area (TPSA) is 49.4 Å². The molecule has 0 aromatic heterocycles. The van der Waals surface area contributed by atoms with Gasteiger partial charge in [-0.3, -0.25) is 9.59 Å². The van der Waals surface area contributed by atoms with E-state index in [1.807, 2.05) is 56.3 Å². The summed E-state index contributed by atoms with van der Waals surface area (Å²) in [6, 6.07) is 15.6. The fraction of sp³-hybridized carbons (Fsp3) is 0.462. The molecule has 0 spiro atoms. The number of hydrogen-bond donors (Lipinski definition) is 1. The summed E-state index contributed by atoms with van der Waals surface area (Å²) in [6.45, 7) is 4.47. The van der Waals surface area contributed by atoms with Gasteiger partial charge in [-0.2, -0.15) is 0 Å². The molecule has 4 nitrogen and oxygen atoms in total. The van der Waals surface area contributed by atoms with Gasteiger partial charge < -0.3 is 10.2 Å². The van der Waals surface area contributed by atoms with Crippen LogP contribution in [0.15, 0.2) is 48.5 Å². The Bertz CT molecular complexity index is 897. The maximum Gasteiger partial charge on any atom is 0.243 e. The zero-order chi connectivity index (χ0) is 22.9. The van der Waals surface area contributed by atoms with Crippen LogP contribution in [-0.2, 0) is 21.9 Å². The maximum absolute atomic E-state index is 13.3. The van der Waals surface area contributed by atoms with Crippen LogP contribution in [0.5, 0.6) is 0 Å². The fourth-order valence-corrected chi connectivity index (χ4v) is 5.21. The summed E-state index contributed by atoms with van der Waals surface area (Å²) in [6.07, 6.45) is 4.98. The summed E-state index contributed by atoms with van der Waals surface area (Å²) >= 11 is 7.53. The van der Waals surface area contributed by atoms with Crippen LogP contribution in [0.4, 0.5) is 0 Å². The Morgan fingerprint density at radius 1 is 1.12 bits per heavy atom. The molecule has 0 heterocycles. The molecule has 1 saturated carbocycles. The number of nitrogens with one attached hydrogen (secondary N) is 1. The van der Waals surface area contributed by atoms with Crippen LogP contribution in [0.1, 0.15) is 55.7 Å². The molecule has 6 heteroatoms. The SMILES string of the molecule is CC[C@@H](C(=O)NC1CCCC1)N(Cc1cccc(C)c1)C(=O)CSCc1ccc(Cl)cc1. The highest BCUT2D eigenvalue weighted by Gasteiger charge is 2.30. The quantitative estimate of drug-likeness (QED) is 0.479. The summed E-state index contributed by atoms with van der Waals surface area (Å²) in [4.78, 5) is 28.2. The Morgan fingerprint density at radius 2 is 1.84 bits per heavy atom. The average Bonchev–Trinajstić information content (AvgIpc) is 3.28. The summed E-state index contributed by atoms with van der Waals surface area (Å²) in [5, 5.41) is 3.90. The van der Waals surface area contributed by atoms with Gasteiger partial charge in [0.2, 0.25) is 11.8 Å². The Kier molecular flexibility index (Phi) is 9.49. The lowest BCUT2D eigenvalue weighted by molar-refractivity contribution is -0.139. The Balaban J connectivity index is 1.69. The third-order valence-electron chi connectivity index (χ3n) is 5.93. The predicted molar refractivity (Wildman–Crippen MR) is 134 cm³/mol. The normalized spacial score (nSPS) is 14.8. The zero-order valence-corrected chi connectivity index (χ0v) is 20.6. The van der Waals surface area contributed by atoms with Gasteiger partial charge in [0, 0.05) is 23.4 Å². The molecule has 1 aliphatic carbocycles. The Hall–Kier alpha value is -1.98. The smallest absolute Gasteiger partial charge is 0.243 e. The minimum atomic E-state index is -0.459. The maximum atomic E-state index is 13.3. The lowest BCUT2D eigenvalue weighted by Crippen LogP contribution is -2.51. The number of carbonyl (C=O) groups excluding carboxylic acids is 2. The molecule has 0 aliphatic heterocycles. The molecule has 2 amide bonds. The molecule has 0 radical (unpaired) electrons. The average molecular weight is 473 g/mol. The molecule has 2 aromatic carbocycles. The lowest BCUT2D eigenvalue weighted by atomic mass is 10.1. The molecule has 2 aromatic rings. The predicted octanol–water partition coefficient (Wildman–Crippen LogP) is 5.75. The van der Waals surface area contributed by atoms with Crippen molar-refractivity contribution in [2.45, 2.75) is 70.3 Å². The number of benzene rings is 2. The van der Waals surface area contributed by atoms with E-state index in [0.29, 0.717) is 23.7 Å². The van der Waals surface area contributed by atoms with Crippen molar-refractivity contribution < 1.29 is 9.59 Å². The van der Waals surface area contributed by atoms with E-state index in [4.69, 9.17) is 11.6 Å². The fourth-order valence-electron chi connectivity index (χ4n) is 4.21. The first kappa shape index (κ1) is 24.7. The van der Waals surface area contributed by atoms with E-state index in [-0.39, 0.29) is 17.9 Å². The summed E-state index contributed by atoms with van der Waals surface area (Å²) < 4.78 is 0. The van der Waals surface area contributed by atoms with Crippen LogP contribution >= 0.6 is 23.4 Å². The first-order valence-electron chi connectivity index (χ1n) is 11.4. The minimum Gasteiger partial charge on any atom is -0.352 e. The van der Waals surface area contributed by atoms with Gasteiger partial charge in [0.1, 0.15) is 6.04 Å². The van der Waals surface area contributed by atoms with E-state index in [9.17, 15) is 9.59 Å². The molecule has 32 heavy (non-hydrogen) atoms. The number of rotatable bonds is 10. The van der Waals surface area contributed by atoms with Crippen molar-refractivity contribution in [2.75, 3.05) is 5.75 Å². The van der Waals surface area contributed by atoms with Crippen molar-refractivity contribution in [3.63, 3.8) is 0 Å². The molecule has 1 aliphatic rings. The van der Waals surface area contributed by atoms with Crippen molar-refractivity contribution in [2.24, 2.45) is 0 Å². The Labute approximate surface area is 201 Å². The second-order valence-corrected chi connectivity index (χ2v) is 9.97. The van der Waals surface area contributed by atoms with Gasteiger partial charge in [-0.05, 0) is 49.4 Å². The third-order valence-corrected chi connectivity index (χ3v) is 7.17. The van der Waals surface area contributed by atoms with Crippen LogP contribution < -0.4 is 5.32 Å². The number of nitrogens with zero attached hydrogens (tertiary/aromatic N) is 1. The molecule has 172 valence electrons. The number of amides is 2. The number of thioether (sulfide) groups is 1. The number of halogens is 1. The van der Waals surface area contributed by atoms with Gasteiger partial charge in [-0.15, -0.1) is 11.8 Å². The molecule has 3 rings (SSSR count). The number of aryl methyl sites for hydroxylation is 1. The highest BCUT2D eigenvalue weighted by atomic mass is 35.5. The summed E-state index contributed by atoms with van der Waals surface area (Å²) in [5.74, 6) is 1.04. The summed E-state index contributed by atoms with van der Waals surface area (Å²) in [5.41, 5.74) is 3.33. The standard InChI is InChI=1S/C26H33ClN2O2S/c1-3-24(26(31)28-23-9-4-5-10-23)29(16-21-8-6-7-19(2)15-21)25(30)18-32-17-20-11-13-22(27)14-12-20/h6-8,11-15,23-24H,3-5,9-10,16-18H2,1-2H3,(H,28,31)/t24-/m0/s1. The summed E-state index contributed by atoms with van der Waals surface area (Å²) in [7, 11) is 0. The van der Waals surface area contributed by atoms with E-state index in [0.717, 1.165) is 48.1 Å². The molecule has 1 N–H and O–H groups in total. The largest absolute Gasteiger partial charge is 0.352 e.